The summed E-state index contributed by atoms with van der Waals surface area (Å²) in [4.78, 5) is 46.2. The number of fused-ring (bicyclic) bond motifs is 1. The lowest BCUT2D eigenvalue weighted by Gasteiger charge is -2.44. The SMILES string of the molecule is COc1cccc(CNC(=O)c2ncn3c2C(=O)N(C2CC2)[C@@](C)(C(=O)NCc2ccccc2Cl)C3)c1. The number of amides is 3. The van der Waals surface area contributed by atoms with Gasteiger partial charge in [0, 0.05) is 24.2 Å². The maximum Gasteiger partial charge on any atom is 0.274 e. The molecule has 2 heterocycles. The van der Waals surface area contributed by atoms with Crippen LogP contribution in [0.2, 0.25) is 5.02 Å². The van der Waals surface area contributed by atoms with Crippen molar-refractivity contribution in [1.29, 1.82) is 0 Å². The predicted octanol–water partition coefficient (Wildman–Crippen LogP) is 3.17. The van der Waals surface area contributed by atoms with Crippen molar-refractivity contribution in [2.75, 3.05) is 7.11 Å². The van der Waals surface area contributed by atoms with Gasteiger partial charge in [-0.25, -0.2) is 4.98 Å². The van der Waals surface area contributed by atoms with E-state index in [4.69, 9.17) is 16.3 Å². The summed E-state index contributed by atoms with van der Waals surface area (Å²) in [6.45, 7) is 2.45. The van der Waals surface area contributed by atoms with Crippen LogP contribution in [-0.2, 0) is 24.4 Å². The van der Waals surface area contributed by atoms with Crippen molar-refractivity contribution in [3.8, 4) is 5.75 Å². The number of halogens is 1. The van der Waals surface area contributed by atoms with Crippen molar-refractivity contribution >= 4 is 29.3 Å². The van der Waals surface area contributed by atoms with Crippen LogP contribution in [0.15, 0.2) is 54.9 Å². The Kier molecular flexibility index (Phi) is 6.64. The number of hydrogen-bond donors (Lipinski definition) is 2. The van der Waals surface area contributed by atoms with Crippen LogP contribution in [0.5, 0.6) is 5.75 Å². The quantitative estimate of drug-likeness (QED) is 0.473. The Morgan fingerprint density at radius 3 is 2.65 bits per heavy atom. The first-order valence-corrected chi connectivity index (χ1v) is 12.5. The summed E-state index contributed by atoms with van der Waals surface area (Å²) < 4.78 is 6.84. The van der Waals surface area contributed by atoms with Crippen LogP contribution < -0.4 is 15.4 Å². The minimum Gasteiger partial charge on any atom is -0.497 e. The number of rotatable bonds is 8. The smallest absolute Gasteiger partial charge is 0.274 e. The van der Waals surface area contributed by atoms with Gasteiger partial charge in [0.05, 0.1) is 20.0 Å². The summed E-state index contributed by atoms with van der Waals surface area (Å²) in [7, 11) is 1.58. The Morgan fingerprint density at radius 2 is 1.92 bits per heavy atom. The van der Waals surface area contributed by atoms with Gasteiger partial charge >= 0.3 is 0 Å². The number of aromatic nitrogens is 2. The average molecular weight is 522 g/mol. The Labute approximate surface area is 219 Å². The van der Waals surface area contributed by atoms with Gasteiger partial charge in [-0.05, 0) is 49.1 Å². The van der Waals surface area contributed by atoms with Crippen LogP contribution in [0.25, 0.3) is 0 Å². The first kappa shape index (κ1) is 24.8. The third kappa shape index (κ3) is 4.79. The molecule has 0 spiro atoms. The Hall–Kier alpha value is -3.85. The maximum atomic E-state index is 13.8. The highest BCUT2D eigenvalue weighted by Crippen LogP contribution is 2.39. The summed E-state index contributed by atoms with van der Waals surface area (Å²) in [5, 5.41) is 6.35. The molecule has 1 aliphatic heterocycles. The zero-order valence-electron chi connectivity index (χ0n) is 20.7. The van der Waals surface area contributed by atoms with Gasteiger partial charge in [-0.3, -0.25) is 14.4 Å². The molecule has 0 radical (unpaired) electrons. The average Bonchev–Trinajstić information content (AvgIpc) is 3.64. The summed E-state index contributed by atoms with van der Waals surface area (Å²) in [6, 6.07) is 14.6. The van der Waals surface area contributed by atoms with Crippen LogP contribution >= 0.6 is 11.6 Å². The highest BCUT2D eigenvalue weighted by Gasteiger charge is 2.53. The molecule has 1 aliphatic carbocycles. The molecular formula is C27H28ClN5O4. The molecule has 0 saturated heterocycles. The first-order valence-electron chi connectivity index (χ1n) is 12.1. The zero-order valence-corrected chi connectivity index (χ0v) is 21.4. The molecule has 0 bridgehead atoms. The molecule has 192 valence electrons. The number of imidazole rings is 1. The molecular weight excluding hydrogens is 494 g/mol. The Bertz CT molecular complexity index is 1370. The molecule has 0 unspecified atom stereocenters. The van der Waals surface area contributed by atoms with E-state index in [9.17, 15) is 14.4 Å². The fraction of sp³-hybridized carbons (Fsp3) is 0.333. The third-order valence-electron chi connectivity index (χ3n) is 6.87. The second kappa shape index (κ2) is 9.89. The maximum absolute atomic E-state index is 13.8. The lowest BCUT2D eigenvalue weighted by atomic mass is 9.93. The molecule has 1 fully saturated rings. The predicted molar refractivity (Wildman–Crippen MR) is 137 cm³/mol. The zero-order chi connectivity index (χ0) is 26.2. The number of carbonyl (C=O) groups is 3. The highest BCUT2D eigenvalue weighted by molar-refractivity contribution is 6.31. The second-order valence-corrected chi connectivity index (χ2v) is 9.97. The molecule has 3 amide bonds. The van der Waals surface area contributed by atoms with Gasteiger partial charge in [-0.15, -0.1) is 0 Å². The Morgan fingerprint density at radius 1 is 1.14 bits per heavy atom. The number of carbonyl (C=O) groups excluding carboxylic acids is 3. The van der Waals surface area contributed by atoms with Gasteiger partial charge in [0.2, 0.25) is 5.91 Å². The van der Waals surface area contributed by atoms with Crippen LogP contribution in [0.1, 0.15) is 51.9 Å². The monoisotopic (exact) mass is 521 g/mol. The van der Waals surface area contributed by atoms with Gasteiger partial charge in [-0.2, -0.15) is 0 Å². The topological polar surface area (TPSA) is 106 Å². The molecule has 5 rings (SSSR count). The molecule has 10 heteroatoms. The van der Waals surface area contributed by atoms with E-state index in [1.807, 2.05) is 42.5 Å². The fourth-order valence-corrected chi connectivity index (χ4v) is 4.98. The Balaban J connectivity index is 1.36. The largest absolute Gasteiger partial charge is 0.497 e. The number of nitrogens with zero attached hydrogens (tertiary/aromatic N) is 3. The first-order chi connectivity index (χ1) is 17.8. The summed E-state index contributed by atoms with van der Waals surface area (Å²) in [5.74, 6) is -0.412. The number of benzene rings is 2. The van der Waals surface area contributed by atoms with Gasteiger partial charge in [0.25, 0.3) is 11.8 Å². The molecule has 3 aromatic rings. The normalized spacial score (nSPS) is 18.8. The minimum atomic E-state index is -1.14. The highest BCUT2D eigenvalue weighted by atomic mass is 35.5. The number of nitrogens with one attached hydrogen (secondary N) is 2. The molecule has 37 heavy (non-hydrogen) atoms. The van der Waals surface area contributed by atoms with Crippen molar-refractivity contribution in [3.63, 3.8) is 0 Å². The lowest BCUT2D eigenvalue weighted by Crippen LogP contribution is -2.64. The van der Waals surface area contributed by atoms with Crippen LogP contribution in [-0.4, -0.2) is 50.9 Å². The van der Waals surface area contributed by atoms with Gasteiger partial charge < -0.3 is 24.8 Å². The molecule has 1 atom stereocenters. The van der Waals surface area contributed by atoms with E-state index >= 15 is 0 Å². The molecule has 1 saturated carbocycles. The van der Waals surface area contributed by atoms with Gasteiger partial charge in [0.1, 0.15) is 17.0 Å². The van der Waals surface area contributed by atoms with Crippen molar-refractivity contribution in [3.05, 3.63) is 82.4 Å². The van der Waals surface area contributed by atoms with E-state index in [0.29, 0.717) is 10.8 Å². The van der Waals surface area contributed by atoms with Crippen LogP contribution in [0.4, 0.5) is 0 Å². The summed E-state index contributed by atoms with van der Waals surface area (Å²) >= 11 is 6.25. The van der Waals surface area contributed by atoms with E-state index in [2.05, 4.69) is 15.6 Å². The van der Waals surface area contributed by atoms with Crippen molar-refractivity contribution in [1.82, 2.24) is 25.1 Å². The number of methoxy groups -OCH3 is 1. The lowest BCUT2D eigenvalue weighted by molar-refractivity contribution is -0.133. The van der Waals surface area contributed by atoms with Crippen molar-refractivity contribution < 1.29 is 19.1 Å². The van der Waals surface area contributed by atoms with Crippen molar-refractivity contribution in [2.45, 2.75) is 51.0 Å². The van der Waals surface area contributed by atoms with Crippen molar-refractivity contribution in [2.24, 2.45) is 0 Å². The number of ether oxygens (including phenoxy) is 1. The van der Waals surface area contributed by atoms with E-state index in [-0.39, 0.29) is 48.9 Å². The second-order valence-electron chi connectivity index (χ2n) is 9.56. The minimum absolute atomic E-state index is 0.0528. The number of hydrogen-bond acceptors (Lipinski definition) is 5. The molecule has 2 aliphatic rings. The summed E-state index contributed by atoms with van der Waals surface area (Å²) in [5.41, 5.74) is 0.763. The van der Waals surface area contributed by atoms with Gasteiger partial charge in [-0.1, -0.05) is 41.9 Å². The standard InChI is InChI=1S/C27H28ClN5O4/c1-27(26(36)30-14-18-7-3-4-9-21(18)28)15-32-16-31-22(23(32)25(35)33(27)19-10-11-19)24(34)29-13-17-6-5-8-20(12-17)37-2/h3-9,12,16,19H,10-11,13-15H2,1-2H3,(H,29,34)(H,30,36)/t27-/m1/s1. The molecule has 2 aromatic carbocycles. The van der Waals surface area contributed by atoms with E-state index in [1.165, 1.54) is 6.33 Å². The van der Waals surface area contributed by atoms with E-state index < -0.39 is 11.4 Å². The van der Waals surface area contributed by atoms with Crippen LogP contribution in [0.3, 0.4) is 0 Å². The molecule has 1 aromatic heterocycles. The molecule has 2 N–H and O–H groups in total. The van der Waals surface area contributed by atoms with E-state index in [0.717, 1.165) is 24.0 Å². The fourth-order valence-electron chi connectivity index (χ4n) is 4.78. The third-order valence-corrected chi connectivity index (χ3v) is 7.24. The molecule has 9 nitrogen and oxygen atoms in total. The summed E-state index contributed by atoms with van der Waals surface area (Å²) in [6.07, 6.45) is 3.08. The van der Waals surface area contributed by atoms with Gasteiger partial charge in [0.15, 0.2) is 5.69 Å². The van der Waals surface area contributed by atoms with Crippen LogP contribution in [0, 0.1) is 0 Å². The van der Waals surface area contributed by atoms with E-state index in [1.54, 1.807) is 29.6 Å².